The lowest BCUT2D eigenvalue weighted by Gasteiger charge is -2.21. The van der Waals surface area contributed by atoms with Crippen molar-refractivity contribution in [1.82, 2.24) is 0 Å². The van der Waals surface area contributed by atoms with Crippen LogP contribution in [0.2, 0.25) is 0 Å². The summed E-state index contributed by atoms with van der Waals surface area (Å²) in [5.41, 5.74) is 1.31. The molecule has 2 aliphatic rings. The molecule has 0 radical (unpaired) electrons. The highest BCUT2D eigenvalue weighted by molar-refractivity contribution is 5.25. The van der Waals surface area contributed by atoms with Gasteiger partial charge in [0.25, 0.3) is 0 Å². The van der Waals surface area contributed by atoms with E-state index in [-0.39, 0.29) is 0 Å². The second kappa shape index (κ2) is 2.46. The van der Waals surface area contributed by atoms with Crippen LogP contribution in [0.25, 0.3) is 0 Å². The van der Waals surface area contributed by atoms with Gasteiger partial charge in [-0.3, -0.25) is 0 Å². The fraction of sp³-hybridized carbons (Fsp3) is 0.500. The highest BCUT2D eigenvalue weighted by Crippen LogP contribution is 2.22. The summed E-state index contributed by atoms with van der Waals surface area (Å²) in [6, 6.07) is 0. The molecule has 0 unspecified atom stereocenters. The smallest absolute Gasteiger partial charge is 0.189 e. The molecule has 0 fully saturated rings. The second-order valence-electron chi connectivity index (χ2n) is 2.52. The molecule has 0 aromatic rings. The Morgan fingerprint density at radius 3 is 3.30 bits per heavy atom. The highest BCUT2D eigenvalue weighted by Gasteiger charge is 2.13. The number of ether oxygens (including phenoxy) is 2. The van der Waals surface area contributed by atoms with E-state index in [4.69, 9.17) is 9.47 Å². The van der Waals surface area contributed by atoms with E-state index >= 15 is 0 Å². The van der Waals surface area contributed by atoms with Gasteiger partial charge in [0.05, 0.1) is 6.61 Å². The predicted molar refractivity (Wildman–Crippen MR) is 37.3 cm³/mol. The normalized spacial score (nSPS) is 24.0. The average Bonchev–Trinajstić information content (AvgIpc) is 2.05. The van der Waals surface area contributed by atoms with Crippen LogP contribution in [0.1, 0.15) is 12.8 Å². The van der Waals surface area contributed by atoms with E-state index < -0.39 is 0 Å². The summed E-state index contributed by atoms with van der Waals surface area (Å²) >= 11 is 0. The summed E-state index contributed by atoms with van der Waals surface area (Å²) in [7, 11) is 0. The van der Waals surface area contributed by atoms with E-state index in [1.54, 1.807) is 0 Å². The maximum Gasteiger partial charge on any atom is 0.189 e. The van der Waals surface area contributed by atoms with Gasteiger partial charge in [0.15, 0.2) is 6.79 Å². The van der Waals surface area contributed by atoms with Gasteiger partial charge in [0, 0.05) is 0 Å². The van der Waals surface area contributed by atoms with Crippen LogP contribution in [-0.2, 0) is 9.47 Å². The Labute approximate surface area is 60.1 Å². The molecule has 54 valence electrons. The van der Waals surface area contributed by atoms with Crippen molar-refractivity contribution in [2.45, 2.75) is 12.8 Å². The zero-order valence-corrected chi connectivity index (χ0v) is 5.80. The van der Waals surface area contributed by atoms with Crippen LogP contribution < -0.4 is 0 Å². The summed E-state index contributed by atoms with van der Waals surface area (Å²) in [6.45, 7) is 1.18. The number of hydrogen-bond donors (Lipinski definition) is 0. The molecular weight excluding hydrogens is 128 g/mol. The van der Waals surface area contributed by atoms with Crippen molar-refractivity contribution < 1.29 is 9.47 Å². The lowest BCUT2D eigenvalue weighted by atomic mass is 10.0. The minimum atomic E-state index is 0.420. The van der Waals surface area contributed by atoms with Crippen LogP contribution in [0.5, 0.6) is 0 Å². The molecule has 0 spiro atoms. The van der Waals surface area contributed by atoms with Crippen molar-refractivity contribution in [2.75, 3.05) is 13.4 Å². The molecule has 2 heteroatoms. The number of hydrogen-bond acceptors (Lipinski definition) is 2. The van der Waals surface area contributed by atoms with Gasteiger partial charge in [-0.1, -0.05) is 6.08 Å². The number of rotatable bonds is 0. The predicted octanol–water partition coefficient (Wildman–Crippen LogP) is 1.59. The van der Waals surface area contributed by atoms with Crippen LogP contribution in [0.15, 0.2) is 23.5 Å². The quantitative estimate of drug-likeness (QED) is 0.506. The Morgan fingerprint density at radius 2 is 2.40 bits per heavy atom. The molecule has 0 aromatic heterocycles. The second-order valence-corrected chi connectivity index (χ2v) is 2.52. The molecule has 10 heavy (non-hydrogen) atoms. The molecule has 0 saturated heterocycles. The van der Waals surface area contributed by atoms with Gasteiger partial charge < -0.3 is 9.47 Å². The van der Waals surface area contributed by atoms with E-state index in [0.717, 1.165) is 25.2 Å². The van der Waals surface area contributed by atoms with Crippen molar-refractivity contribution in [2.24, 2.45) is 0 Å². The van der Waals surface area contributed by atoms with Crippen LogP contribution >= 0.6 is 0 Å². The first-order chi connectivity index (χ1) is 4.97. The van der Waals surface area contributed by atoms with Crippen molar-refractivity contribution in [3.63, 3.8) is 0 Å². The zero-order chi connectivity index (χ0) is 6.81. The molecule has 0 bridgehead atoms. The molecule has 2 nitrogen and oxygen atoms in total. The lowest BCUT2D eigenvalue weighted by Crippen LogP contribution is -2.14. The maximum atomic E-state index is 5.25. The Hall–Kier alpha value is -0.760. The molecule has 1 aliphatic carbocycles. The molecule has 1 heterocycles. The SMILES string of the molecule is C1=CC2=C(CC1)COCO2. The zero-order valence-electron chi connectivity index (χ0n) is 5.80. The minimum Gasteiger partial charge on any atom is -0.468 e. The first-order valence-electron chi connectivity index (χ1n) is 3.56. The third kappa shape index (κ3) is 0.948. The average molecular weight is 138 g/mol. The Bertz CT molecular complexity index is 191. The van der Waals surface area contributed by atoms with Crippen molar-refractivity contribution in [3.8, 4) is 0 Å². The standard InChI is InChI=1S/C8H10O2/c1-2-4-8-7(3-1)5-9-6-10-8/h2,4H,1,3,5-6H2. The Balaban J connectivity index is 2.23. The molecule has 0 amide bonds. The fourth-order valence-corrected chi connectivity index (χ4v) is 1.25. The van der Waals surface area contributed by atoms with Gasteiger partial charge in [0.2, 0.25) is 0 Å². The topological polar surface area (TPSA) is 18.5 Å². The van der Waals surface area contributed by atoms with E-state index in [1.165, 1.54) is 5.57 Å². The Morgan fingerprint density at radius 1 is 1.40 bits per heavy atom. The first kappa shape index (κ1) is 5.98. The van der Waals surface area contributed by atoms with Gasteiger partial charge in [-0.2, -0.15) is 0 Å². The van der Waals surface area contributed by atoms with Crippen molar-refractivity contribution in [3.05, 3.63) is 23.5 Å². The van der Waals surface area contributed by atoms with E-state index in [0.29, 0.717) is 6.79 Å². The third-order valence-corrected chi connectivity index (χ3v) is 1.80. The largest absolute Gasteiger partial charge is 0.468 e. The monoisotopic (exact) mass is 138 g/mol. The fourth-order valence-electron chi connectivity index (χ4n) is 1.25. The Kier molecular flexibility index (Phi) is 1.47. The molecular formula is C8H10O2. The van der Waals surface area contributed by atoms with Crippen LogP contribution in [0.3, 0.4) is 0 Å². The van der Waals surface area contributed by atoms with E-state index in [1.807, 2.05) is 6.08 Å². The van der Waals surface area contributed by atoms with E-state index in [2.05, 4.69) is 6.08 Å². The lowest BCUT2D eigenvalue weighted by molar-refractivity contribution is -0.0331. The summed E-state index contributed by atoms with van der Waals surface area (Å²) < 4.78 is 10.4. The summed E-state index contributed by atoms with van der Waals surface area (Å²) in [4.78, 5) is 0. The molecule has 1 aliphatic heterocycles. The molecule has 0 saturated carbocycles. The first-order valence-corrected chi connectivity index (χ1v) is 3.56. The van der Waals surface area contributed by atoms with Crippen LogP contribution in [0, 0.1) is 0 Å². The van der Waals surface area contributed by atoms with Gasteiger partial charge in [-0.05, 0) is 24.5 Å². The maximum absolute atomic E-state index is 5.25. The number of allylic oxidation sites excluding steroid dienone is 2. The molecule has 2 rings (SSSR count). The third-order valence-electron chi connectivity index (χ3n) is 1.80. The van der Waals surface area contributed by atoms with Gasteiger partial charge in [0.1, 0.15) is 5.76 Å². The molecule has 0 aromatic carbocycles. The highest BCUT2D eigenvalue weighted by atomic mass is 16.7. The van der Waals surface area contributed by atoms with Crippen molar-refractivity contribution in [1.29, 1.82) is 0 Å². The van der Waals surface area contributed by atoms with E-state index in [9.17, 15) is 0 Å². The summed E-state index contributed by atoms with van der Waals surface area (Å²) in [5, 5.41) is 0. The van der Waals surface area contributed by atoms with Gasteiger partial charge >= 0.3 is 0 Å². The van der Waals surface area contributed by atoms with Crippen molar-refractivity contribution >= 4 is 0 Å². The summed E-state index contributed by atoms with van der Waals surface area (Å²) in [5.74, 6) is 1.04. The van der Waals surface area contributed by atoms with Gasteiger partial charge in [-0.25, -0.2) is 0 Å². The van der Waals surface area contributed by atoms with Gasteiger partial charge in [-0.15, -0.1) is 0 Å². The van der Waals surface area contributed by atoms with Crippen LogP contribution in [-0.4, -0.2) is 13.4 Å². The molecule has 0 atom stereocenters. The molecule has 0 N–H and O–H groups in total. The summed E-state index contributed by atoms with van der Waals surface area (Å²) in [6.07, 6.45) is 6.42. The van der Waals surface area contributed by atoms with Crippen LogP contribution in [0.4, 0.5) is 0 Å². The minimum absolute atomic E-state index is 0.420.